The van der Waals surface area contributed by atoms with Gasteiger partial charge in [-0.3, -0.25) is 9.69 Å². The summed E-state index contributed by atoms with van der Waals surface area (Å²) in [6.07, 6.45) is 2.42. The highest BCUT2D eigenvalue weighted by Crippen LogP contribution is 2.09. The third-order valence-corrected chi connectivity index (χ3v) is 3.39. The molecule has 0 aromatic rings. The molecular formula is C12H26ClN3O. The number of carbonyl (C=O) groups excluding carboxylic acids is 1. The molecule has 1 amide bonds. The van der Waals surface area contributed by atoms with E-state index < -0.39 is 0 Å². The summed E-state index contributed by atoms with van der Waals surface area (Å²) < 4.78 is 0. The fraction of sp³-hybridized carbons (Fsp3) is 0.917. The van der Waals surface area contributed by atoms with Gasteiger partial charge >= 0.3 is 0 Å². The number of likely N-dealkylation sites (tertiary alicyclic amines) is 1. The molecule has 102 valence electrons. The van der Waals surface area contributed by atoms with E-state index in [0.29, 0.717) is 12.6 Å². The number of nitrogens with zero attached hydrogens (tertiary/aromatic N) is 2. The van der Waals surface area contributed by atoms with E-state index in [1.165, 1.54) is 12.8 Å². The van der Waals surface area contributed by atoms with Crippen molar-refractivity contribution in [1.82, 2.24) is 15.1 Å². The van der Waals surface area contributed by atoms with Crippen LogP contribution in [0.1, 0.15) is 26.7 Å². The lowest BCUT2D eigenvalue weighted by molar-refractivity contribution is -0.132. The topological polar surface area (TPSA) is 35.6 Å². The van der Waals surface area contributed by atoms with Crippen molar-refractivity contribution in [2.75, 3.05) is 39.8 Å². The highest BCUT2D eigenvalue weighted by molar-refractivity contribution is 5.85. The van der Waals surface area contributed by atoms with Gasteiger partial charge in [-0.05, 0) is 40.3 Å². The van der Waals surface area contributed by atoms with Gasteiger partial charge in [-0.25, -0.2) is 0 Å². The Morgan fingerprint density at radius 1 is 1.41 bits per heavy atom. The molecule has 0 bridgehead atoms. The van der Waals surface area contributed by atoms with Crippen molar-refractivity contribution in [2.24, 2.45) is 0 Å². The van der Waals surface area contributed by atoms with E-state index in [0.717, 1.165) is 26.2 Å². The average Bonchev–Trinajstić information content (AvgIpc) is 2.31. The van der Waals surface area contributed by atoms with Gasteiger partial charge in [0, 0.05) is 25.7 Å². The Labute approximate surface area is 111 Å². The fourth-order valence-corrected chi connectivity index (χ4v) is 2.30. The summed E-state index contributed by atoms with van der Waals surface area (Å²) >= 11 is 0. The number of halogens is 1. The van der Waals surface area contributed by atoms with Gasteiger partial charge < -0.3 is 10.2 Å². The highest BCUT2D eigenvalue weighted by atomic mass is 35.5. The molecule has 1 aliphatic heterocycles. The van der Waals surface area contributed by atoms with Crippen LogP contribution in [-0.2, 0) is 4.79 Å². The number of hydrogen-bond donors (Lipinski definition) is 1. The van der Waals surface area contributed by atoms with Crippen molar-refractivity contribution in [3.63, 3.8) is 0 Å². The fourth-order valence-electron chi connectivity index (χ4n) is 2.30. The first kappa shape index (κ1) is 16.7. The van der Waals surface area contributed by atoms with Gasteiger partial charge in [-0.2, -0.15) is 0 Å². The third kappa shape index (κ3) is 5.23. The summed E-state index contributed by atoms with van der Waals surface area (Å²) in [4.78, 5) is 16.1. The van der Waals surface area contributed by atoms with E-state index in [1.54, 1.807) is 0 Å². The monoisotopic (exact) mass is 263 g/mol. The molecule has 0 spiro atoms. The molecule has 1 atom stereocenters. The van der Waals surface area contributed by atoms with E-state index in [4.69, 9.17) is 0 Å². The van der Waals surface area contributed by atoms with Crippen molar-refractivity contribution in [1.29, 1.82) is 0 Å². The van der Waals surface area contributed by atoms with E-state index >= 15 is 0 Å². The van der Waals surface area contributed by atoms with E-state index in [1.807, 2.05) is 25.8 Å². The molecule has 17 heavy (non-hydrogen) atoms. The summed E-state index contributed by atoms with van der Waals surface area (Å²) in [5.74, 6) is 0.266. The second kappa shape index (κ2) is 8.72. The highest BCUT2D eigenvalue weighted by Gasteiger charge is 2.21. The molecule has 1 fully saturated rings. The van der Waals surface area contributed by atoms with Crippen LogP contribution in [0.25, 0.3) is 0 Å². The predicted octanol–water partition coefficient (Wildman–Crippen LogP) is 0.960. The molecule has 0 aliphatic carbocycles. The zero-order valence-electron chi connectivity index (χ0n) is 11.2. The molecule has 0 radical (unpaired) electrons. The molecule has 0 saturated carbocycles. The van der Waals surface area contributed by atoms with Gasteiger partial charge in [0.15, 0.2) is 0 Å². The van der Waals surface area contributed by atoms with Crippen molar-refractivity contribution >= 4 is 18.3 Å². The number of carbonyl (C=O) groups is 1. The van der Waals surface area contributed by atoms with Crippen LogP contribution in [0.3, 0.4) is 0 Å². The van der Waals surface area contributed by atoms with Crippen molar-refractivity contribution in [3.05, 3.63) is 0 Å². The van der Waals surface area contributed by atoms with Gasteiger partial charge in [0.1, 0.15) is 0 Å². The molecule has 1 rings (SSSR count). The smallest absolute Gasteiger partial charge is 0.236 e. The summed E-state index contributed by atoms with van der Waals surface area (Å²) in [7, 11) is 2.00. The SMILES string of the molecule is CCN(CC)C(=O)CN1CCCC(NC)C1.Cl. The molecule has 1 saturated heterocycles. The maximum Gasteiger partial charge on any atom is 0.236 e. The number of rotatable bonds is 5. The van der Waals surface area contributed by atoms with Crippen molar-refractivity contribution < 1.29 is 4.79 Å². The largest absolute Gasteiger partial charge is 0.342 e. The van der Waals surface area contributed by atoms with Crippen LogP contribution in [0.2, 0.25) is 0 Å². The van der Waals surface area contributed by atoms with Gasteiger partial charge in [0.2, 0.25) is 5.91 Å². The van der Waals surface area contributed by atoms with Crippen LogP contribution in [0.4, 0.5) is 0 Å². The first-order chi connectivity index (χ1) is 7.71. The molecule has 5 heteroatoms. The lowest BCUT2D eigenvalue weighted by atomic mass is 10.1. The Morgan fingerprint density at radius 2 is 2.06 bits per heavy atom. The molecule has 0 aromatic heterocycles. The van der Waals surface area contributed by atoms with Crippen LogP contribution in [0.5, 0.6) is 0 Å². The van der Waals surface area contributed by atoms with Gasteiger partial charge in [0.25, 0.3) is 0 Å². The standard InChI is InChI=1S/C12H25N3O.ClH/c1-4-15(5-2)12(16)10-14-8-6-7-11(9-14)13-3;/h11,13H,4-10H2,1-3H3;1H. The molecule has 1 aliphatic rings. The van der Waals surface area contributed by atoms with E-state index in [2.05, 4.69) is 10.2 Å². The van der Waals surface area contributed by atoms with Crippen molar-refractivity contribution in [2.45, 2.75) is 32.7 Å². The number of nitrogens with one attached hydrogen (secondary N) is 1. The summed E-state index contributed by atoms with van der Waals surface area (Å²) in [6, 6.07) is 0.554. The number of hydrogen-bond acceptors (Lipinski definition) is 3. The zero-order valence-corrected chi connectivity index (χ0v) is 12.1. The van der Waals surface area contributed by atoms with Crippen LogP contribution in [0.15, 0.2) is 0 Å². The van der Waals surface area contributed by atoms with Crippen LogP contribution >= 0.6 is 12.4 Å². The molecule has 1 N–H and O–H groups in total. The Morgan fingerprint density at radius 3 is 2.59 bits per heavy atom. The molecule has 0 aromatic carbocycles. The number of likely N-dealkylation sites (N-methyl/N-ethyl adjacent to an activating group) is 2. The molecule has 1 unspecified atom stereocenters. The second-order valence-electron chi connectivity index (χ2n) is 4.43. The summed E-state index contributed by atoms with van der Waals surface area (Å²) in [5, 5.41) is 3.30. The van der Waals surface area contributed by atoms with E-state index in [9.17, 15) is 4.79 Å². The van der Waals surface area contributed by atoms with E-state index in [-0.39, 0.29) is 18.3 Å². The molecular weight excluding hydrogens is 238 g/mol. The van der Waals surface area contributed by atoms with Crippen LogP contribution in [0, 0.1) is 0 Å². The maximum atomic E-state index is 11.9. The summed E-state index contributed by atoms with van der Waals surface area (Å²) in [5.41, 5.74) is 0. The first-order valence-electron chi connectivity index (χ1n) is 6.38. The number of piperidine rings is 1. The van der Waals surface area contributed by atoms with Gasteiger partial charge in [0.05, 0.1) is 6.54 Å². The Bertz CT molecular complexity index is 222. The minimum absolute atomic E-state index is 0. The lowest BCUT2D eigenvalue weighted by Crippen LogP contribution is -2.48. The third-order valence-electron chi connectivity index (χ3n) is 3.39. The minimum Gasteiger partial charge on any atom is -0.342 e. The van der Waals surface area contributed by atoms with Crippen LogP contribution in [-0.4, -0.2) is 61.5 Å². The Balaban J connectivity index is 0.00000256. The zero-order chi connectivity index (χ0) is 12.0. The first-order valence-corrected chi connectivity index (χ1v) is 6.38. The van der Waals surface area contributed by atoms with Crippen molar-refractivity contribution in [3.8, 4) is 0 Å². The lowest BCUT2D eigenvalue weighted by Gasteiger charge is -2.33. The van der Waals surface area contributed by atoms with Gasteiger partial charge in [-0.1, -0.05) is 0 Å². The normalized spacial score (nSPS) is 20.8. The predicted molar refractivity (Wildman–Crippen MR) is 73.7 cm³/mol. The molecule has 1 heterocycles. The second-order valence-corrected chi connectivity index (χ2v) is 4.43. The summed E-state index contributed by atoms with van der Waals surface area (Å²) in [6.45, 7) is 8.35. The average molecular weight is 264 g/mol. The molecule has 4 nitrogen and oxygen atoms in total. The van der Waals surface area contributed by atoms with Gasteiger partial charge in [-0.15, -0.1) is 12.4 Å². The van der Waals surface area contributed by atoms with Crippen LogP contribution < -0.4 is 5.32 Å². The Kier molecular flexibility index (Phi) is 8.56. The minimum atomic E-state index is 0. The Hall–Kier alpha value is -0.320. The number of amides is 1. The maximum absolute atomic E-state index is 11.9. The quantitative estimate of drug-likeness (QED) is 0.803.